The fourth-order valence-electron chi connectivity index (χ4n) is 5.38. The second kappa shape index (κ2) is 8.64. The van der Waals surface area contributed by atoms with Crippen LogP contribution in [-0.2, 0) is 5.54 Å². The number of pyridine rings is 1. The van der Waals surface area contributed by atoms with Crippen molar-refractivity contribution in [2.24, 2.45) is 4.99 Å². The third-order valence-corrected chi connectivity index (χ3v) is 17.6. The molecule has 1 saturated heterocycles. The minimum absolute atomic E-state index is 0.128. The Kier molecular flexibility index (Phi) is 6.92. The van der Waals surface area contributed by atoms with E-state index in [1.807, 2.05) is 6.07 Å². The van der Waals surface area contributed by atoms with Gasteiger partial charge >= 0.3 is 6.09 Å². The van der Waals surface area contributed by atoms with Crippen molar-refractivity contribution in [1.29, 1.82) is 0 Å². The van der Waals surface area contributed by atoms with Gasteiger partial charge in [0.2, 0.25) is 0 Å². The fraction of sp³-hybridized carbons (Fsp3) is 0.667. The number of nitrogens with one attached hydrogen (secondary N) is 2. The Bertz CT molecular complexity index is 953. The minimum Gasteiger partial charge on any atom is -0.465 e. The summed E-state index contributed by atoms with van der Waals surface area (Å²) in [6.45, 7) is 12.2. The van der Waals surface area contributed by atoms with Crippen LogP contribution in [0.15, 0.2) is 15.7 Å². The van der Waals surface area contributed by atoms with E-state index >= 15 is 4.39 Å². The Hall–Kier alpha value is -1.01. The summed E-state index contributed by atoms with van der Waals surface area (Å²) in [6, 6.07) is 4.53. The molecule has 1 aromatic rings. The highest BCUT2D eigenvalue weighted by Crippen LogP contribution is 2.67. The number of carbonyl (C=O) groups is 1. The molecule has 11 heteroatoms. The van der Waals surface area contributed by atoms with E-state index in [0.717, 1.165) is 23.3 Å². The van der Waals surface area contributed by atoms with Gasteiger partial charge in [-0.3, -0.25) is 15.0 Å². The third kappa shape index (κ3) is 3.64. The summed E-state index contributed by atoms with van der Waals surface area (Å²) in [5.74, 6) is -0.233. The smallest absolute Gasteiger partial charge is 0.410 e. The number of halogens is 2. The molecule has 0 radical (unpaired) electrons. The molecule has 0 bridgehead atoms. The lowest BCUT2D eigenvalue weighted by Gasteiger charge is -2.56. The molecule has 0 aliphatic carbocycles. The van der Waals surface area contributed by atoms with E-state index in [1.54, 1.807) is 20.8 Å². The monoisotopic (exact) mass is 548 g/mol. The van der Waals surface area contributed by atoms with E-state index < -0.39 is 40.2 Å². The van der Waals surface area contributed by atoms with Crippen molar-refractivity contribution >= 4 is 51.6 Å². The quantitative estimate of drug-likeness (QED) is 0.308. The summed E-state index contributed by atoms with van der Waals surface area (Å²) in [5.41, 5.74) is -1.05. The molecule has 180 valence electrons. The van der Waals surface area contributed by atoms with E-state index in [-0.39, 0.29) is 17.3 Å². The summed E-state index contributed by atoms with van der Waals surface area (Å²) < 4.78 is 31.0. The molecule has 2 aliphatic heterocycles. The molecule has 2 aliphatic rings. The van der Waals surface area contributed by atoms with Crippen molar-refractivity contribution in [3.63, 3.8) is 0 Å². The van der Waals surface area contributed by atoms with Crippen molar-refractivity contribution in [3.8, 4) is 0 Å². The number of hydrogen-bond donors (Lipinski definition) is 4. The van der Waals surface area contributed by atoms with Crippen molar-refractivity contribution in [2.75, 3.05) is 6.54 Å². The second-order valence-electron chi connectivity index (χ2n) is 9.34. The number of nitrogens with zero attached hydrogens (tertiary/aromatic N) is 2. The first-order valence-corrected chi connectivity index (χ1v) is 16.2. The number of amides is 1. The molecule has 32 heavy (non-hydrogen) atoms. The molecule has 3 heterocycles. The van der Waals surface area contributed by atoms with Gasteiger partial charge in [-0.1, -0.05) is 49.4 Å². The van der Waals surface area contributed by atoms with Crippen LogP contribution in [0.4, 0.5) is 9.18 Å². The number of aromatic nitrogens is 1. The summed E-state index contributed by atoms with van der Waals surface area (Å²) >= 11 is 3.50. The second-order valence-corrected chi connectivity index (χ2v) is 18.5. The lowest BCUT2D eigenvalue weighted by molar-refractivity contribution is 0.199. The van der Waals surface area contributed by atoms with Crippen LogP contribution in [0.2, 0.25) is 18.1 Å². The summed E-state index contributed by atoms with van der Waals surface area (Å²) in [4.78, 5) is 20.9. The van der Waals surface area contributed by atoms with Gasteiger partial charge in [-0.25, -0.2) is 14.2 Å². The Balaban J connectivity index is 2.33. The van der Waals surface area contributed by atoms with Gasteiger partial charge in [0.25, 0.3) is 0 Å². The van der Waals surface area contributed by atoms with Crippen LogP contribution in [0, 0.1) is 5.82 Å². The SMILES string of the molecule is CC[Si](CC)(CC)c1cc(Br)nc([C@@]2(C)N=C(NC(=O)O)C(C)(C)S3(O)NCC[C@@H]23)c1F. The maximum atomic E-state index is 16.4. The summed E-state index contributed by atoms with van der Waals surface area (Å²) in [5, 5.41) is 12.1. The average molecular weight is 550 g/mol. The lowest BCUT2D eigenvalue weighted by atomic mass is 9.90. The molecule has 0 spiro atoms. The average Bonchev–Trinajstić information content (AvgIpc) is 3.14. The van der Waals surface area contributed by atoms with E-state index in [2.05, 4.69) is 51.7 Å². The minimum atomic E-state index is -2.59. The first kappa shape index (κ1) is 25.6. The largest absolute Gasteiger partial charge is 0.465 e. The molecular weight excluding hydrogens is 515 g/mol. The molecule has 3 rings (SSSR count). The highest BCUT2D eigenvalue weighted by atomic mass is 79.9. The van der Waals surface area contributed by atoms with Gasteiger partial charge in [0.15, 0.2) is 0 Å². The molecule has 7 nitrogen and oxygen atoms in total. The first-order chi connectivity index (χ1) is 14.8. The summed E-state index contributed by atoms with van der Waals surface area (Å²) in [7, 11) is -4.68. The zero-order valence-corrected chi connectivity index (χ0v) is 23.0. The van der Waals surface area contributed by atoms with Crippen molar-refractivity contribution in [2.45, 2.75) is 81.6 Å². The van der Waals surface area contributed by atoms with Gasteiger partial charge in [0.1, 0.15) is 27.5 Å². The molecule has 1 aromatic heterocycles. The van der Waals surface area contributed by atoms with Gasteiger partial charge < -0.3 is 9.66 Å². The van der Waals surface area contributed by atoms with Crippen LogP contribution >= 0.6 is 26.4 Å². The number of amidine groups is 1. The molecule has 0 saturated carbocycles. The predicted octanol–water partition coefficient (Wildman–Crippen LogP) is 4.93. The van der Waals surface area contributed by atoms with E-state index in [0.29, 0.717) is 17.6 Å². The van der Waals surface area contributed by atoms with Crippen molar-refractivity contribution < 1.29 is 18.8 Å². The summed E-state index contributed by atoms with van der Waals surface area (Å²) in [6.07, 6.45) is -0.674. The normalized spacial score (nSPS) is 31.4. The molecule has 1 fully saturated rings. The van der Waals surface area contributed by atoms with Crippen molar-refractivity contribution in [1.82, 2.24) is 15.0 Å². The molecule has 3 atom stereocenters. The Morgan fingerprint density at radius 2 is 1.94 bits per heavy atom. The van der Waals surface area contributed by atoms with Crippen LogP contribution in [0.1, 0.15) is 53.7 Å². The zero-order chi connectivity index (χ0) is 24.1. The first-order valence-electron chi connectivity index (χ1n) is 11.1. The number of hydrogen-bond acceptors (Lipinski definition) is 5. The fourth-order valence-corrected chi connectivity index (χ4v) is 13.0. The van der Waals surface area contributed by atoms with E-state index in [9.17, 15) is 14.5 Å². The maximum absolute atomic E-state index is 16.4. The van der Waals surface area contributed by atoms with Gasteiger partial charge in [-0.05, 0) is 54.4 Å². The number of carboxylic acid groups (broad SMARTS) is 1. The zero-order valence-electron chi connectivity index (χ0n) is 19.6. The highest BCUT2D eigenvalue weighted by molar-refractivity contribution is 9.10. The van der Waals surface area contributed by atoms with Crippen molar-refractivity contribution in [3.05, 3.63) is 22.2 Å². The van der Waals surface area contributed by atoms with Crippen LogP contribution in [0.25, 0.3) is 0 Å². The molecule has 1 amide bonds. The lowest BCUT2D eigenvalue weighted by Crippen LogP contribution is -2.60. The Morgan fingerprint density at radius 3 is 2.47 bits per heavy atom. The van der Waals surface area contributed by atoms with Crippen LogP contribution < -0.4 is 15.2 Å². The molecule has 1 unspecified atom stereocenters. The third-order valence-electron chi connectivity index (χ3n) is 7.69. The van der Waals surface area contributed by atoms with Gasteiger partial charge in [-0.2, -0.15) is 0 Å². The Morgan fingerprint density at radius 1 is 1.34 bits per heavy atom. The van der Waals surface area contributed by atoms with Gasteiger partial charge in [-0.15, -0.1) is 0 Å². The number of rotatable bonds is 5. The maximum Gasteiger partial charge on any atom is 0.410 e. The highest BCUT2D eigenvalue weighted by Gasteiger charge is 2.62. The Labute approximate surface area is 200 Å². The standard InChI is InChI=1S/C21H34BrFN4O3SSi/c1-7-32(8-2,9-3)13-12-15(22)25-17(16(13)23)21(6)14-10-11-24-31(14,30)20(4,5)18(27-21)26-19(28)29/h12,14,24,30H,7-11H2,1-6H3,(H,26,27)(H,28,29)/t14-,21-/m0/s1. The van der Waals surface area contributed by atoms with Crippen LogP contribution in [-0.4, -0.2) is 51.2 Å². The number of fused-ring (bicyclic) bond motifs is 1. The van der Waals surface area contributed by atoms with Gasteiger partial charge in [0.05, 0.1) is 18.1 Å². The molecular formula is C21H34BrFN4O3SSi. The van der Waals surface area contributed by atoms with Crippen LogP contribution in [0.5, 0.6) is 0 Å². The molecule has 4 N–H and O–H groups in total. The topological polar surface area (TPSA) is 107 Å². The molecule has 0 aromatic carbocycles. The van der Waals surface area contributed by atoms with Gasteiger partial charge in [0, 0.05) is 6.54 Å². The van der Waals surface area contributed by atoms with E-state index in [1.165, 1.54) is 0 Å². The van der Waals surface area contributed by atoms with E-state index in [4.69, 9.17) is 4.99 Å². The number of aliphatic imine (C=N–C) groups is 1. The van der Waals surface area contributed by atoms with Crippen LogP contribution in [0.3, 0.4) is 0 Å². The predicted molar refractivity (Wildman–Crippen MR) is 135 cm³/mol.